The summed E-state index contributed by atoms with van der Waals surface area (Å²) in [6.07, 6.45) is 2.46. The molecule has 5 aromatic rings. The standard InChI is InChI=1S/C29H20O8/c1-14-3-8-22-18(9-14)27(32)20(13-35-22)17-10-24(31)37-23-11-21(30)26-28(33)19(12-36-29(26)25(17)23)15-4-6-16(34-2)7-5-15/h3-9,11-13,17,30H,10H2,1-2H3/t17-/m0/s1. The van der Waals surface area contributed by atoms with Crippen molar-refractivity contribution in [2.24, 2.45) is 0 Å². The summed E-state index contributed by atoms with van der Waals surface area (Å²) in [6, 6.07) is 13.3. The number of esters is 1. The molecule has 0 unspecified atom stereocenters. The van der Waals surface area contributed by atoms with Crippen molar-refractivity contribution >= 4 is 27.9 Å². The van der Waals surface area contributed by atoms with Gasteiger partial charge in [0.2, 0.25) is 5.43 Å². The second-order valence-corrected chi connectivity index (χ2v) is 8.97. The number of rotatable bonds is 3. The van der Waals surface area contributed by atoms with Gasteiger partial charge in [-0.2, -0.15) is 0 Å². The van der Waals surface area contributed by atoms with Gasteiger partial charge in [0, 0.05) is 23.1 Å². The predicted molar refractivity (Wildman–Crippen MR) is 135 cm³/mol. The lowest BCUT2D eigenvalue weighted by Gasteiger charge is -2.25. The lowest BCUT2D eigenvalue weighted by atomic mass is 9.85. The van der Waals surface area contributed by atoms with E-state index in [1.165, 1.54) is 18.6 Å². The number of hydrogen-bond donors (Lipinski definition) is 1. The number of carbonyl (C=O) groups excluding carboxylic acids is 1. The van der Waals surface area contributed by atoms with E-state index in [0.29, 0.717) is 27.8 Å². The fourth-order valence-corrected chi connectivity index (χ4v) is 4.87. The lowest BCUT2D eigenvalue weighted by Crippen LogP contribution is -2.25. The number of aromatic hydroxyl groups is 1. The smallest absolute Gasteiger partial charge is 0.312 e. The largest absolute Gasteiger partial charge is 0.507 e. The normalized spacial score (nSPS) is 15.0. The van der Waals surface area contributed by atoms with Crippen molar-refractivity contribution in [1.29, 1.82) is 0 Å². The third-order valence-corrected chi connectivity index (χ3v) is 6.70. The highest BCUT2D eigenvalue weighted by molar-refractivity contribution is 5.94. The van der Waals surface area contributed by atoms with Crippen molar-refractivity contribution < 1.29 is 28.2 Å². The Hall–Kier alpha value is -4.85. The van der Waals surface area contributed by atoms with E-state index in [-0.39, 0.29) is 39.7 Å². The number of ether oxygens (including phenoxy) is 2. The van der Waals surface area contributed by atoms with Gasteiger partial charge < -0.3 is 23.4 Å². The van der Waals surface area contributed by atoms with E-state index in [4.69, 9.17) is 18.3 Å². The first-order chi connectivity index (χ1) is 17.9. The highest BCUT2D eigenvalue weighted by Crippen LogP contribution is 2.45. The highest BCUT2D eigenvalue weighted by Gasteiger charge is 2.35. The van der Waals surface area contributed by atoms with Crippen molar-refractivity contribution in [3.05, 3.63) is 98.2 Å². The fourth-order valence-electron chi connectivity index (χ4n) is 4.87. The van der Waals surface area contributed by atoms with Crippen LogP contribution in [0.5, 0.6) is 17.2 Å². The van der Waals surface area contributed by atoms with Gasteiger partial charge in [0.15, 0.2) is 5.43 Å². The number of phenols is 1. The maximum Gasteiger partial charge on any atom is 0.312 e. The minimum atomic E-state index is -0.810. The summed E-state index contributed by atoms with van der Waals surface area (Å²) in [6.45, 7) is 1.87. The summed E-state index contributed by atoms with van der Waals surface area (Å²) < 4.78 is 22.2. The van der Waals surface area contributed by atoms with E-state index in [2.05, 4.69) is 0 Å². The average Bonchev–Trinajstić information content (AvgIpc) is 2.89. The molecule has 3 heterocycles. The third kappa shape index (κ3) is 3.57. The molecule has 1 N–H and O–H groups in total. The highest BCUT2D eigenvalue weighted by atomic mass is 16.5. The molecular weight excluding hydrogens is 476 g/mol. The van der Waals surface area contributed by atoms with Gasteiger partial charge in [-0.3, -0.25) is 14.4 Å². The summed E-state index contributed by atoms with van der Waals surface area (Å²) in [5, 5.41) is 11.1. The van der Waals surface area contributed by atoms with E-state index in [1.54, 1.807) is 43.5 Å². The van der Waals surface area contributed by atoms with Gasteiger partial charge >= 0.3 is 5.97 Å². The molecule has 8 heteroatoms. The van der Waals surface area contributed by atoms with Crippen molar-refractivity contribution in [2.75, 3.05) is 7.11 Å². The number of fused-ring (bicyclic) bond motifs is 4. The SMILES string of the molecule is COc1ccc(-c2coc3c4c(cc(O)c3c2=O)OC(=O)C[C@H]4c2coc3ccc(C)cc3c2=O)cc1. The van der Waals surface area contributed by atoms with E-state index in [9.17, 15) is 19.5 Å². The van der Waals surface area contributed by atoms with Crippen LogP contribution in [0.3, 0.4) is 0 Å². The first-order valence-corrected chi connectivity index (χ1v) is 11.5. The van der Waals surface area contributed by atoms with Gasteiger partial charge in [-0.15, -0.1) is 0 Å². The molecular formula is C29H20O8. The first kappa shape index (κ1) is 22.6. The maximum absolute atomic E-state index is 13.5. The Bertz CT molecular complexity index is 1840. The molecule has 1 atom stereocenters. The number of benzene rings is 3. The number of hydrogen-bond acceptors (Lipinski definition) is 8. The molecule has 0 saturated heterocycles. The van der Waals surface area contributed by atoms with Gasteiger partial charge in [-0.1, -0.05) is 23.8 Å². The molecule has 0 saturated carbocycles. The second-order valence-electron chi connectivity index (χ2n) is 8.97. The number of phenolic OH excluding ortho intramolecular Hbond substituents is 1. The number of methoxy groups -OCH3 is 1. The molecule has 1 aliphatic rings. The summed E-state index contributed by atoms with van der Waals surface area (Å²) in [4.78, 5) is 39.5. The van der Waals surface area contributed by atoms with Crippen LogP contribution < -0.4 is 20.3 Å². The molecule has 0 fully saturated rings. The first-order valence-electron chi connectivity index (χ1n) is 11.5. The predicted octanol–water partition coefficient (Wildman–Crippen LogP) is 5.03. The summed E-state index contributed by atoms with van der Waals surface area (Å²) in [7, 11) is 1.54. The van der Waals surface area contributed by atoms with Crippen LogP contribution in [0.2, 0.25) is 0 Å². The molecule has 184 valence electrons. The van der Waals surface area contributed by atoms with Crippen LogP contribution in [0.25, 0.3) is 33.1 Å². The Morgan fingerprint density at radius 2 is 1.73 bits per heavy atom. The quantitative estimate of drug-likeness (QED) is 0.273. The van der Waals surface area contributed by atoms with Gasteiger partial charge in [0.1, 0.15) is 40.1 Å². The number of carbonyl (C=O) groups is 1. The van der Waals surface area contributed by atoms with Crippen LogP contribution in [0.15, 0.2) is 79.5 Å². The Balaban J connectivity index is 1.60. The van der Waals surface area contributed by atoms with Gasteiger partial charge in [-0.05, 0) is 36.8 Å². The summed E-state index contributed by atoms with van der Waals surface area (Å²) in [5.41, 5.74) is 1.93. The summed E-state index contributed by atoms with van der Waals surface area (Å²) in [5.74, 6) is -1.14. The minimum absolute atomic E-state index is 0.0235. The average molecular weight is 496 g/mol. The Labute approximate surface area is 209 Å². The minimum Gasteiger partial charge on any atom is -0.507 e. The van der Waals surface area contributed by atoms with Crippen LogP contribution in [-0.2, 0) is 4.79 Å². The monoisotopic (exact) mass is 496 g/mol. The lowest BCUT2D eigenvalue weighted by molar-refractivity contribution is -0.135. The molecule has 0 aliphatic carbocycles. The van der Waals surface area contributed by atoms with Crippen molar-refractivity contribution in [1.82, 2.24) is 0 Å². The molecule has 1 aliphatic heterocycles. The van der Waals surface area contributed by atoms with E-state index in [1.807, 2.05) is 13.0 Å². The molecule has 0 radical (unpaired) electrons. The van der Waals surface area contributed by atoms with Crippen molar-refractivity contribution in [3.8, 4) is 28.4 Å². The van der Waals surface area contributed by atoms with Crippen LogP contribution >= 0.6 is 0 Å². The fraction of sp³-hybridized carbons (Fsp3) is 0.138. The second kappa shape index (κ2) is 8.37. The molecule has 2 aromatic heterocycles. The van der Waals surface area contributed by atoms with Gasteiger partial charge in [0.25, 0.3) is 0 Å². The zero-order chi connectivity index (χ0) is 25.8. The molecule has 3 aromatic carbocycles. The molecule has 0 bridgehead atoms. The van der Waals surface area contributed by atoms with Gasteiger partial charge in [0.05, 0.1) is 30.7 Å². The van der Waals surface area contributed by atoms with Crippen LogP contribution in [0, 0.1) is 6.92 Å². The molecule has 37 heavy (non-hydrogen) atoms. The van der Waals surface area contributed by atoms with Crippen LogP contribution in [-0.4, -0.2) is 18.2 Å². The molecule has 6 rings (SSSR count). The van der Waals surface area contributed by atoms with E-state index in [0.717, 1.165) is 5.56 Å². The van der Waals surface area contributed by atoms with Gasteiger partial charge in [-0.25, -0.2) is 0 Å². The van der Waals surface area contributed by atoms with Crippen molar-refractivity contribution in [2.45, 2.75) is 19.3 Å². The Morgan fingerprint density at radius 1 is 0.946 bits per heavy atom. The molecule has 0 spiro atoms. The molecule has 8 nitrogen and oxygen atoms in total. The van der Waals surface area contributed by atoms with Crippen LogP contribution in [0.1, 0.15) is 29.0 Å². The maximum atomic E-state index is 13.5. The number of aryl methyl sites for hydroxylation is 1. The Morgan fingerprint density at radius 3 is 2.49 bits per heavy atom. The molecule has 0 amide bonds. The van der Waals surface area contributed by atoms with Crippen molar-refractivity contribution in [3.63, 3.8) is 0 Å². The van der Waals surface area contributed by atoms with E-state index < -0.39 is 23.1 Å². The van der Waals surface area contributed by atoms with Crippen LogP contribution in [0.4, 0.5) is 0 Å². The Kier molecular flexibility index (Phi) is 5.12. The zero-order valence-electron chi connectivity index (χ0n) is 19.9. The third-order valence-electron chi connectivity index (χ3n) is 6.70. The summed E-state index contributed by atoms with van der Waals surface area (Å²) >= 11 is 0. The van der Waals surface area contributed by atoms with E-state index >= 15 is 0 Å². The topological polar surface area (TPSA) is 116 Å². The zero-order valence-corrected chi connectivity index (χ0v) is 19.9.